The van der Waals surface area contributed by atoms with E-state index in [0.717, 1.165) is 11.4 Å². The molecule has 4 rings (SSSR count). The average Bonchev–Trinajstić information content (AvgIpc) is 3.21. The lowest BCUT2D eigenvalue weighted by molar-refractivity contribution is -0.121. The van der Waals surface area contributed by atoms with E-state index in [1.807, 2.05) is 41.8 Å². The molecule has 1 aromatic heterocycles. The molecule has 1 saturated heterocycles. The van der Waals surface area contributed by atoms with Gasteiger partial charge in [-0.3, -0.25) is 19.5 Å². The van der Waals surface area contributed by atoms with Crippen LogP contribution in [0.25, 0.3) is 5.69 Å². The minimum Gasteiger partial charge on any atom is -0.494 e. The Hall–Kier alpha value is -3.86. The summed E-state index contributed by atoms with van der Waals surface area (Å²) in [6.07, 6.45) is 0.473. The highest BCUT2D eigenvalue weighted by molar-refractivity contribution is 7.99. The molecule has 2 heterocycles. The lowest BCUT2D eigenvalue weighted by Gasteiger charge is -2.23. The van der Waals surface area contributed by atoms with Crippen LogP contribution in [-0.2, 0) is 16.0 Å². The fraction of sp³-hybridized carbons (Fsp3) is 0.261. The monoisotopic (exact) mass is 480 g/mol. The summed E-state index contributed by atoms with van der Waals surface area (Å²) in [5.41, 5.74) is 1.49. The summed E-state index contributed by atoms with van der Waals surface area (Å²) < 4.78 is 7.26. The van der Waals surface area contributed by atoms with Gasteiger partial charge in [0.1, 0.15) is 11.6 Å². The van der Waals surface area contributed by atoms with Crippen LogP contribution in [0.15, 0.2) is 59.8 Å². The topological polar surface area (TPSA) is 127 Å². The van der Waals surface area contributed by atoms with Gasteiger partial charge in [0.2, 0.25) is 11.8 Å². The highest BCUT2D eigenvalue weighted by Gasteiger charge is 2.27. The fourth-order valence-corrected chi connectivity index (χ4v) is 4.28. The Kier molecular flexibility index (Phi) is 7.43. The van der Waals surface area contributed by atoms with Crippen LogP contribution in [-0.4, -0.2) is 51.0 Å². The van der Waals surface area contributed by atoms with Gasteiger partial charge in [0, 0.05) is 30.3 Å². The van der Waals surface area contributed by atoms with Crippen LogP contribution < -0.4 is 20.7 Å². The Morgan fingerprint density at radius 1 is 1.15 bits per heavy atom. The molecule has 1 atom stereocenters. The molecule has 1 aliphatic heterocycles. The Labute approximate surface area is 200 Å². The van der Waals surface area contributed by atoms with E-state index in [9.17, 15) is 14.4 Å². The molecule has 176 valence electrons. The highest BCUT2D eigenvalue weighted by Crippen LogP contribution is 2.24. The van der Waals surface area contributed by atoms with E-state index in [4.69, 9.17) is 4.74 Å². The van der Waals surface area contributed by atoms with Crippen molar-refractivity contribution in [2.24, 2.45) is 0 Å². The second-order valence-corrected chi connectivity index (χ2v) is 8.43. The Morgan fingerprint density at radius 2 is 1.91 bits per heavy atom. The number of hydrogen-bond donors (Lipinski definition) is 3. The van der Waals surface area contributed by atoms with Crippen molar-refractivity contribution in [3.63, 3.8) is 0 Å². The highest BCUT2D eigenvalue weighted by atomic mass is 32.2. The predicted octanol–water partition coefficient (Wildman–Crippen LogP) is 2.54. The number of hydrogen-bond acceptors (Lipinski definition) is 7. The van der Waals surface area contributed by atoms with Gasteiger partial charge >= 0.3 is 6.03 Å². The number of nitrogens with zero attached hydrogens (tertiary/aromatic N) is 3. The van der Waals surface area contributed by atoms with E-state index < -0.39 is 12.1 Å². The lowest BCUT2D eigenvalue weighted by atomic mass is 10.1. The molecule has 1 fully saturated rings. The number of amides is 4. The van der Waals surface area contributed by atoms with E-state index in [-0.39, 0.29) is 24.0 Å². The summed E-state index contributed by atoms with van der Waals surface area (Å²) in [7, 11) is 0. The number of urea groups is 1. The van der Waals surface area contributed by atoms with Gasteiger partial charge in [0.25, 0.3) is 0 Å². The number of nitrogens with one attached hydrogen (secondary N) is 3. The summed E-state index contributed by atoms with van der Waals surface area (Å²) in [4.78, 5) is 35.9. The van der Waals surface area contributed by atoms with Crippen LogP contribution in [0.3, 0.4) is 0 Å². The summed E-state index contributed by atoms with van der Waals surface area (Å²) in [5.74, 6) is 0.932. The van der Waals surface area contributed by atoms with Gasteiger partial charge in [-0.2, -0.15) is 0 Å². The van der Waals surface area contributed by atoms with Crippen LogP contribution in [0, 0.1) is 0 Å². The van der Waals surface area contributed by atoms with E-state index in [0.29, 0.717) is 29.7 Å². The maximum absolute atomic E-state index is 12.5. The zero-order valence-electron chi connectivity index (χ0n) is 18.5. The normalized spacial score (nSPS) is 15.4. The molecule has 1 aliphatic rings. The van der Waals surface area contributed by atoms with E-state index in [1.165, 1.54) is 11.8 Å². The number of ether oxygens (including phenoxy) is 1. The molecule has 2 aromatic carbocycles. The third kappa shape index (κ3) is 5.93. The van der Waals surface area contributed by atoms with Crippen molar-refractivity contribution in [3.05, 3.63) is 60.4 Å². The molecule has 0 saturated carbocycles. The maximum atomic E-state index is 12.5. The van der Waals surface area contributed by atoms with Crippen molar-refractivity contribution >= 4 is 35.3 Å². The maximum Gasteiger partial charge on any atom is 0.321 e. The summed E-state index contributed by atoms with van der Waals surface area (Å²) in [6.45, 7) is 2.49. The van der Waals surface area contributed by atoms with Gasteiger partial charge in [-0.25, -0.2) is 4.79 Å². The first-order valence-electron chi connectivity index (χ1n) is 10.8. The van der Waals surface area contributed by atoms with Gasteiger partial charge in [-0.1, -0.05) is 30.0 Å². The number of para-hydroxylation sites is 1. The van der Waals surface area contributed by atoms with E-state index >= 15 is 0 Å². The molecular formula is C23H24N6O4S. The van der Waals surface area contributed by atoms with Crippen LogP contribution in [0.2, 0.25) is 0 Å². The summed E-state index contributed by atoms with van der Waals surface area (Å²) >= 11 is 1.25. The minimum atomic E-state index is -0.521. The molecular weight excluding hydrogens is 456 g/mol. The molecule has 3 N–H and O–H groups in total. The van der Waals surface area contributed by atoms with E-state index in [1.54, 1.807) is 24.3 Å². The molecule has 0 aliphatic carbocycles. The molecule has 10 nitrogen and oxygen atoms in total. The summed E-state index contributed by atoms with van der Waals surface area (Å²) in [6, 6.07) is 15.7. The van der Waals surface area contributed by atoms with Crippen LogP contribution in [0.1, 0.15) is 19.2 Å². The minimum absolute atomic E-state index is 0.126. The lowest BCUT2D eigenvalue weighted by Crippen LogP contribution is -2.53. The van der Waals surface area contributed by atoms with Gasteiger partial charge in [0.15, 0.2) is 5.16 Å². The largest absolute Gasteiger partial charge is 0.494 e. The number of thioether (sulfide) groups is 1. The number of anilines is 1. The molecule has 1 unspecified atom stereocenters. The zero-order valence-corrected chi connectivity index (χ0v) is 19.3. The second-order valence-electron chi connectivity index (χ2n) is 7.49. The van der Waals surface area contributed by atoms with Crippen molar-refractivity contribution in [2.45, 2.75) is 31.0 Å². The Morgan fingerprint density at radius 3 is 2.62 bits per heavy atom. The molecule has 0 spiro atoms. The van der Waals surface area contributed by atoms with Crippen LogP contribution in [0.5, 0.6) is 5.75 Å². The van der Waals surface area contributed by atoms with Crippen molar-refractivity contribution < 1.29 is 19.1 Å². The standard InChI is InChI=1S/C23H24N6O4S/c1-2-33-18-10-8-15(9-11-18)24-21(31)14-34-23-28-27-19(29(23)17-6-4-3-5-7-17)12-16-13-20(30)26-22(32)25-16/h3-11,16H,2,12-14H2,1H3,(H,24,31)(H2,25,26,30,32). The van der Waals surface area contributed by atoms with Crippen molar-refractivity contribution in [2.75, 3.05) is 17.7 Å². The fourth-order valence-electron chi connectivity index (χ4n) is 3.51. The first-order chi connectivity index (χ1) is 16.5. The number of carbonyl (C=O) groups is 3. The first kappa shape index (κ1) is 23.3. The summed E-state index contributed by atoms with van der Waals surface area (Å²) in [5, 5.41) is 16.9. The number of benzene rings is 2. The second kappa shape index (κ2) is 10.8. The Balaban J connectivity index is 1.46. The van der Waals surface area contributed by atoms with Crippen LogP contribution >= 0.6 is 11.8 Å². The smallest absolute Gasteiger partial charge is 0.321 e. The van der Waals surface area contributed by atoms with Gasteiger partial charge in [-0.15, -0.1) is 10.2 Å². The first-order valence-corrected chi connectivity index (χ1v) is 11.8. The third-order valence-electron chi connectivity index (χ3n) is 4.95. The molecule has 34 heavy (non-hydrogen) atoms. The third-order valence-corrected chi connectivity index (χ3v) is 5.87. The number of aromatic nitrogens is 3. The number of rotatable bonds is 9. The molecule has 4 amide bonds. The number of carbonyl (C=O) groups excluding carboxylic acids is 3. The predicted molar refractivity (Wildman–Crippen MR) is 127 cm³/mol. The zero-order chi connectivity index (χ0) is 23.9. The van der Waals surface area contributed by atoms with Gasteiger partial charge in [0.05, 0.1) is 12.4 Å². The van der Waals surface area contributed by atoms with Crippen molar-refractivity contribution in [1.29, 1.82) is 0 Å². The SMILES string of the molecule is CCOc1ccc(NC(=O)CSc2nnc(CC3CC(=O)NC(=O)N3)n2-c2ccccc2)cc1. The average molecular weight is 481 g/mol. The van der Waals surface area contributed by atoms with Crippen molar-refractivity contribution in [3.8, 4) is 11.4 Å². The van der Waals surface area contributed by atoms with Gasteiger partial charge in [-0.05, 0) is 43.3 Å². The molecule has 0 bridgehead atoms. The van der Waals surface area contributed by atoms with Crippen molar-refractivity contribution in [1.82, 2.24) is 25.4 Å². The van der Waals surface area contributed by atoms with E-state index in [2.05, 4.69) is 26.1 Å². The molecule has 0 radical (unpaired) electrons. The van der Waals surface area contributed by atoms with Crippen LogP contribution in [0.4, 0.5) is 10.5 Å². The Bertz CT molecular complexity index is 1150. The quantitative estimate of drug-likeness (QED) is 0.402. The van der Waals surface area contributed by atoms with Gasteiger partial charge < -0.3 is 15.4 Å². The number of imide groups is 1. The molecule has 11 heteroatoms. The molecule has 3 aromatic rings.